The molecule has 0 saturated carbocycles. The normalized spacial score (nSPS) is 12.7. The molecule has 78 valence electrons. The third-order valence-electron chi connectivity index (χ3n) is 2.23. The number of hydrogen-bond donors (Lipinski definition) is 1. The van der Waals surface area contributed by atoms with Crippen LogP contribution in [-0.4, -0.2) is 10.1 Å². The first kappa shape index (κ1) is 10.3. The first-order valence-corrected chi connectivity index (χ1v) is 5.71. The van der Waals surface area contributed by atoms with Crippen LogP contribution in [0.3, 0.4) is 0 Å². The summed E-state index contributed by atoms with van der Waals surface area (Å²) in [6, 6.07) is 10.0. The number of rotatable bonds is 2. The minimum absolute atomic E-state index is 0.431. The number of nitrogens with zero attached hydrogens (tertiary/aromatic N) is 1. The lowest BCUT2D eigenvalue weighted by molar-refractivity contribution is 0.202. The molecule has 2 nitrogen and oxygen atoms in total. The van der Waals surface area contributed by atoms with Crippen LogP contribution in [-0.2, 0) is 0 Å². The van der Waals surface area contributed by atoms with Crippen molar-refractivity contribution in [1.82, 2.24) is 4.98 Å². The molecule has 1 aromatic heterocycles. The van der Waals surface area contributed by atoms with E-state index in [1.807, 2.05) is 37.3 Å². The van der Waals surface area contributed by atoms with E-state index in [1.54, 1.807) is 18.3 Å². The average Bonchev–Trinajstić information content (AvgIpc) is 2.62. The average molecular weight is 219 g/mol. The van der Waals surface area contributed by atoms with Crippen molar-refractivity contribution in [2.75, 3.05) is 0 Å². The van der Waals surface area contributed by atoms with Gasteiger partial charge in [-0.3, -0.25) is 0 Å². The van der Waals surface area contributed by atoms with E-state index in [2.05, 4.69) is 4.98 Å². The molecule has 2 aromatic rings. The van der Waals surface area contributed by atoms with E-state index in [1.165, 1.54) is 0 Å². The van der Waals surface area contributed by atoms with Gasteiger partial charge >= 0.3 is 0 Å². The number of hydrogen-bond acceptors (Lipinski definition) is 3. The maximum absolute atomic E-state index is 9.54. The molecular weight excluding hydrogens is 206 g/mol. The largest absolute Gasteiger partial charge is 0.388 e. The van der Waals surface area contributed by atoms with Crippen LogP contribution < -0.4 is 0 Å². The standard InChI is InChI=1S/C12H13NOS/c1-8-11(9(2)14)15-12(13-8)10-6-4-3-5-7-10/h3-7,9,14H,1-2H3. The minimum atomic E-state index is -0.431. The van der Waals surface area contributed by atoms with Gasteiger partial charge in [0, 0.05) is 5.56 Å². The summed E-state index contributed by atoms with van der Waals surface area (Å²) in [7, 11) is 0. The molecule has 1 unspecified atom stereocenters. The van der Waals surface area contributed by atoms with Gasteiger partial charge in [-0.05, 0) is 13.8 Å². The van der Waals surface area contributed by atoms with Gasteiger partial charge in [-0.25, -0.2) is 4.98 Å². The van der Waals surface area contributed by atoms with Crippen LogP contribution in [0.15, 0.2) is 30.3 Å². The number of aromatic nitrogens is 1. The summed E-state index contributed by atoms with van der Waals surface area (Å²) in [5.74, 6) is 0. The van der Waals surface area contributed by atoms with E-state index >= 15 is 0 Å². The van der Waals surface area contributed by atoms with E-state index < -0.39 is 6.10 Å². The molecule has 0 amide bonds. The number of aryl methyl sites for hydroxylation is 1. The highest BCUT2D eigenvalue weighted by atomic mass is 32.1. The highest BCUT2D eigenvalue weighted by molar-refractivity contribution is 7.15. The van der Waals surface area contributed by atoms with Gasteiger partial charge in [0.05, 0.1) is 16.7 Å². The van der Waals surface area contributed by atoms with Gasteiger partial charge in [0.25, 0.3) is 0 Å². The number of benzene rings is 1. The fourth-order valence-corrected chi connectivity index (χ4v) is 2.51. The Morgan fingerprint density at radius 3 is 2.47 bits per heavy atom. The monoisotopic (exact) mass is 219 g/mol. The van der Waals surface area contributed by atoms with Crippen LogP contribution in [0, 0.1) is 6.92 Å². The summed E-state index contributed by atoms with van der Waals surface area (Å²) < 4.78 is 0. The molecule has 3 heteroatoms. The Morgan fingerprint density at radius 1 is 1.27 bits per heavy atom. The van der Waals surface area contributed by atoms with Crippen molar-refractivity contribution in [3.05, 3.63) is 40.9 Å². The fraction of sp³-hybridized carbons (Fsp3) is 0.250. The van der Waals surface area contributed by atoms with Crippen LogP contribution in [0.5, 0.6) is 0 Å². The molecule has 0 spiro atoms. The molecule has 15 heavy (non-hydrogen) atoms. The first-order chi connectivity index (χ1) is 7.18. The van der Waals surface area contributed by atoms with Crippen LogP contribution in [0.2, 0.25) is 0 Å². The summed E-state index contributed by atoms with van der Waals surface area (Å²) in [4.78, 5) is 5.41. The van der Waals surface area contributed by atoms with Gasteiger partial charge in [-0.2, -0.15) is 0 Å². The fourth-order valence-electron chi connectivity index (χ4n) is 1.50. The molecular formula is C12H13NOS. The molecule has 1 atom stereocenters. The third kappa shape index (κ3) is 2.08. The van der Waals surface area contributed by atoms with Crippen LogP contribution in [0.1, 0.15) is 23.6 Å². The Balaban J connectivity index is 2.43. The van der Waals surface area contributed by atoms with E-state index in [0.717, 1.165) is 21.1 Å². The molecule has 1 aromatic carbocycles. The Morgan fingerprint density at radius 2 is 1.93 bits per heavy atom. The molecule has 1 heterocycles. The predicted molar refractivity (Wildman–Crippen MR) is 62.9 cm³/mol. The van der Waals surface area contributed by atoms with Crippen LogP contribution in [0.25, 0.3) is 10.6 Å². The van der Waals surface area contributed by atoms with Crippen molar-refractivity contribution in [3.63, 3.8) is 0 Å². The van der Waals surface area contributed by atoms with E-state index in [4.69, 9.17) is 0 Å². The molecule has 0 aliphatic heterocycles. The van der Waals surface area contributed by atoms with Crippen molar-refractivity contribution >= 4 is 11.3 Å². The molecule has 2 rings (SSSR count). The van der Waals surface area contributed by atoms with Crippen molar-refractivity contribution in [1.29, 1.82) is 0 Å². The lowest BCUT2D eigenvalue weighted by atomic mass is 10.2. The summed E-state index contributed by atoms with van der Waals surface area (Å²) in [6.45, 7) is 3.71. The number of aliphatic hydroxyl groups is 1. The SMILES string of the molecule is Cc1nc(-c2ccccc2)sc1C(C)O. The van der Waals surface area contributed by atoms with Crippen molar-refractivity contribution < 1.29 is 5.11 Å². The van der Waals surface area contributed by atoms with E-state index in [-0.39, 0.29) is 0 Å². The zero-order valence-corrected chi connectivity index (χ0v) is 9.58. The summed E-state index contributed by atoms with van der Waals surface area (Å²) in [6.07, 6.45) is -0.431. The third-order valence-corrected chi connectivity index (χ3v) is 3.61. The molecule has 0 radical (unpaired) electrons. The highest BCUT2D eigenvalue weighted by Gasteiger charge is 2.12. The maximum Gasteiger partial charge on any atom is 0.123 e. The lowest BCUT2D eigenvalue weighted by Gasteiger charge is -1.98. The summed E-state index contributed by atoms with van der Waals surface area (Å²) in [5.41, 5.74) is 2.03. The van der Waals surface area contributed by atoms with Crippen molar-refractivity contribution in [2.45, 2.75) is 20.0 Å². The molecule has 0 saturated heterocycles. The van der Waals surface area contributed by atoms with Gasteiger partial charge < -0.3 is 5.11 Å². The second-order valence-electron chi connectivity index (χ2n) is 3.51. The van der Waals surface area contributed by atoms with Gasteiger partial charge in [0.1, 0.15) is 5.01 Å². The molecule has 0 aliphatic rings. The molecule has 1 N–H and O–H groups in total. The Bertz CT molecular complexity index is 448. The van der Waals surface area contributed by atoms with Gasteiger partial charge in [-0.15, -0.1) is 11.3 Å². The van der Waals surface area contributed by atoms with E-state index in [9.17, 15) is 5.11 Å². The molecule has 0 aliphatic carbocycles. The highest BCUT2D eigenvalue weighted by Crippen LogP contribution is 2.31. The lowest BCUT2D eigenvalue weighted by Crippen LogP contribution is -1.88. The topological polar surface area (TPSA) is 33.1 Å². The quantitative estimate of drug-likeness (QED) is 0.841. The van der Waals surface area contributed by atoms with Crippen LogP contribution >= 0.6 is 11.3 Å². The summed E-state index contributed by atoms with van der Waals surface area (Å²) in [5, 5.41) is 10.5. The van der Waals surface area contributed by atoms with Gasteiger partial charge in [0.2, 0.25) is 0 Å². The van der Waals surface area contributed by atoms with Gasteiger partial charge in [-0.1, -0.05) is 30.3 Å². The molecule has 0 fully saturated rings. The van der Waals surface area contributed by atoms with Gasteiger partial charge in [0.15, 0.2) is 0 Å². The maximum atomic E-state index is 9.54. The van der Waals surface area contributed by atoms with Crippen LogP contribution in [0.4, 0.5) is 0 Å². The zero-order chi connectivity index (χ0) is 10.8. The molecule has 0 bridgehead atoms. The number of thiazole rings is 1. The second kappa shape index (κ2) is 4.13. The smallest absolute Gasteiger partial charge is 0.123 e. The zero-order valence-electron chi connectivity index (χ0n) is 8.77. The van der Waals surface area contributed by atoms with E-state index in [0.29, 0.717) is 0 Å². The summed E-state index contributed by atoms with van der Waals surface area (Å²) >= 11 is 1.56. The Hall–Kier alpha value is -1.19. The Labute approximate surface area is 93.2 Å². The predicted octanol–water partition coefficient (Wildman–Crippen LogP) is 3.17. The van der Waals surface area contributed by atoms with Crippen molar-refractivity contribution in [2.24, 2.45) is 0 Å². The first-order valence-electron chi connectivity index (χ1n) is 4.89. The second-order valence-corrected chi connectivity index (χ2v) is 4.54. The van der Waals surface area contributed by atoms with Crippen molar-refractivity contribution in [3.8, 4) is 10.6 Å². The Kier molecular flexibility index (Phi) is 2.84. The minimum Gasteiger partial charge on any atom is -0.388 e. The number of aliphatic hydroxyl groups excluding tert-OH is 1.